The fourth-order valence-corrected chi connectivity index (χ4v) is 8.01. The van der Waals surface area contributed by atoms with E-state index < -0.39 is 67.6 Å². The topological polar surface area (TPSA) is 0 Å². The maximum Gasteiger partial charge on any atom is -1.00 e. The Morgan fingerprint density at radius 2 is 0.820 bits per heavy atom. The van der Waals surface area contributed by atoms with Crippen LogP contribution in [0, 0.1) is 0 Å². The Balaban J connectivity index is 0.00000281. The Morgan fingerprint density at radius 1 is 0.460 bits per heavy atom. The number of alkyl halides is 12. The number of allylic oxidation sites excluding steroid dienone is 4. The Morgan fingerprint density at radius 3 is 1.24 bits per heavy atom. The molecule has 0 N–H and O–H groups in total. The predicted molar refractivity (Wildman–Crippen MR) is 151 cm³/mol. The first kappa shape index (κ1) is 39.8. The van der Waals surface area contributed by atoms with E-state index in [1.54, 1.807) is 48.5 Å². The minimum Gasteiger partial charge on any atom is -1.00 e. The first-order valence-electron chi connectivity index (χ1n) is 14.1. The van der Waals surface area contributed by atoms with E-state index in [0.717, 1.165) is 0 Å². The van der Waals surface area contributed by atoms with Crippen molar-refractivity contribution in [2.45, 2.75) is 41.2 Å². The molecular formula is C35H19Cl2F12Zr. The maximum absolute atomic E-state index is 14.0. The van der Waals surface area contributed by atoms with E-state index in [1.807, 2.05) is 0 Å². The molecule has 0 aromatic heterocycles. The molecule has 0 aliphatic heterocycles. The Kier molecular flexibility index (Phi) is 10.7. The molecule has 2 aliphatic rings. The van der Waals surface area contributed by atoms with E-state index in [4.69, 9.17) is 0 Å². The van der Waals surface area contributed by atoms with Crippen molar-refractivity contribution in [2.75, 3.05) is 0 Å². The summed E-state index contributed by atoms with van der Waals surface area (Å²) >= 11 is 0.684. The summed E-state index contributed by atoms with van der Waals surface area (Å²) in [5.74, 6) is -1.14. The molecule has 2 atom stereocenters. The molecule has 0 saturated carbocycles. The molecule has 0 saturated heterocycles. The van der Waals surface area contributed by atoms with Crippen molar-refractivity contribution in [1.82, 2.24) is 0 Å². The zero-order valence-electron chi connectivity index (χ0n) is 25.0. The fourth-order valence-electron chi connectivity index (χ4n) is 6.59. The average Bonchev–Trinajstić information content (AvgIpc) is 3.45. The van der Waals surface area contributed by atoms with E-state index in [0.29, 0.717) is 76.8 Å². The summed E-state index contributed by atoms with van der Waals surface area (Å²) in [6.45, 7) is 1.52. The second-order valence-corrected chi connectivity index (χ2v) is 12.9. The molecule has 0 heterocycles. The fraction of sp³-hybridized carbons (Fsp3) is 0.200. The zero-order valence-corrected chi connectivity index (χ0v) is 29.0. The van der Waals surface area contributed by atoms with Crippen LogP contribution in [0.15, 0.2) is 84.9 Å². The van der Waals surface area contributed by atoms with Crippen LogP contribution < -0.4 is 24.8 Å². The van der Waals surface area contributed by atoms with Gasteiger partial charge < -0.3 is 24.8 Å². The minimum absolute atomic E-state index is 0. The summed E-state index contributed by atoms with van der Waals surface area (Å²) in [6.07, 6.45) is -20.7. The third-order valence-corrected chi connectivity index (χ3v) is 10.1. The predicted octanol–water partition coefficient (Wildman–Crippen LogP) is 6.01. The molecule has 0 fully saturated rings. The standard InChI is InChI=1S/C35H19F12.2ClH.Zr/c1-17-25-7-4-5-9-27(25)31(29(17)20-12-23(34(42,43)44)16-24(13-20)35(45,46)47)30-26-8-3-2-6-18(26)14-28(30)19-10-21(32(36,37)38)15-22(11-19)33(39,40)41;;;/h2-16,31H,1H3;2*1H;/q;;;+2/p-2. The molecule has 261 valence electrons. The van der Waals surface area contributed by atoms with E-state index >= 15 is 0 Å². The van der Waals surface area contributed by atoms with Crippen molar-refractivity contribution in [2.24, 2.45) is 0 Å². The molecule has 2 unspecified atom stereocenters. The first-order chi connectivity index (χ1) is 22.2. The molecule has 4 aromatic rings. The van der Waals surface area contributed by atoms with E-state index in [-0.39, 0.29) is 53.7 Å². The van der Waals surface area contributed by atoms with Crippen molar-refractivity contribution in [3.8, 4) is 0 Å². The number of hydrogen-bond donors (Lipinski definition) is 0. The van der Waals surface area contributed by atoms with Gasteiger partial charge >= 0.3 is 281 Å². The molecule has 15 heteroatoms. The monoisotopic (exact) mass is 827 g/mol. The van der Waals surface area contributed by atoms with Crippen molar-refractivity contribution >= 4 is 22.3 Å². The van der Waals surface area contributed by atoms with Crippen molar-refractivity contribution in [1.29, 1.82) is 0 Å². The molecule has 2 aliphatic carbocycles. The van der Waals surface area contributed by atoms with Gasteiger partial charge in [0.05, 0.1) is 0 Å². The van der Waals surface area contributed by atoms with E-state index in [2.05, 4.69) is 0 Å². The summed E-state index contributed by atoms with van der Waals surface area (Å²) in [5.41, 5.74) is -4.50. The third kappa shape index (κ3) is 7.06. The summed E-state index contributed by atoms with van der Waals surface area (Å²) in [5, 5.41) is 0. The SMILES string of the molecule is CC1=C(c2cc(C(F)(F)F)cc(C(F)(F)F)c2)C(C2=C(c3cc(C(F)(F)F)cc(C(F)(F)F)c3)[CH]([Zr+2])c3ccccc32)c2ccccc21.[Cl-].[Cl-]. The van der Waals surface area contributed by atoms with Crippen LogP contribution in [0.3, 0.4) is 0 Å². The van der Waals surface area contributed by atoms with Crippen molar-refractivity contribution < 1.29 is 102 Å². The molecule has 0 nitrogen and oxygen atoms in total. The first-order valence-corrected chi connectivity index (χ1v) is 15.5. The average molecular weight is 830 g/mol. The van der Waals surface area contributed by atoms with Gasteiger partial charge in [0.2, 0.25) is 0 Å². The largest absolute Gasteiger partial charge is 1.00 e. The van der Waals surface area contributed by atoms with Crippen LogP contribution in [0.1, 0.15) is 72.1 Å². The number of halogens is 14. The number of benzene rings is 4. The van der Waals surface area contributed by atoms with Crippen LogP contribution in [0.25, 0.3) is 22.3 Å². The molecule has 0 amide bonds. The maximum atomic E-state index is 14.0. The van der Waals surface area contributed by atoms with Gasteiger partial charge in [-0.05, 0) is 0 Å². The number of hydrogen-bond acceptors (Lipinski definition) is 0. The molecule has 0 spiro atoms. The van der Waals surface area contributed by atoms with Gasteiger partial charge in [-0.15, -0.1) is 0 Å². The van der Waals surface area contributed by atoms with Gasteiger partial charge in [-0.25, -0.2) is 0 Å². The molecule has 0 radical (unpaired) electrons. The smallest absolute Gasteiger partial charge is 1.00 e. The van der Waals surface area contributed by atoms with E-state index in [1.165, 1.54) is 6.92 Å². The van der Waals surface area contributed by atoms with Crippen LogP contribution in [0.2, 0.25) is 0 Å². The molecule has 0 bridgehead atoms. The van der Waals surface area contributed by atoms with Crippen LogP contribution in [0.5, 0.6) is 0 Å². The zero-order chi connectivity index (χ0) is 35.1. The second-order valence-electron chi connectivity index (χ2n) is 11.5. The normalized spacial score (nSPS) is 17.7. The van der Waals surface area contributed by atoms with Gasteiger partial charge in [0.25, 0.3) is 0 Å². The number of rotatable bonds is 3. The van der Waals surface area contributed by atoms with Gasteiger partial charge in [0.15, 0.2) is 0 Å². The van der Waals surface area contributed by atoms with Crippen LogP contribution in [-0.4, -0.2) is 0 Å². The van der Waals surface area contributed by atoms with Gasteiger partial charge in [-0.2, -0.15) is 0 Å². The summed E-state index contributed by atoms with van der Waals surface area (Å²) < 4.78 is 167. The van der Waals surface area contributed by atoms with Crippen LogP contribution in [0.4, 0.5) is 52.7 Å². The Hall–Kier alpha value is -3.02. The Bertz CT molecular complexity index is 1950. The van der Waals surface area contributed by atoms with Crippen molar-refractivity contribution in [3.05, 3.63) is 141 Å². The van der Waals surface area contributed by atoms with Gasteiger partial charge in [0, 0.05) is 0 Å². The summed E-state index contributed by atoms with van der Waals surface area (Å²) in [7, 11) is 0. The third-order valence-electron chi connectivity index (χ3n) is 8.60. The minimum atomic E-state index is -5.17. The number of fused-ring (bicyclic) bond motifs is 2. The molecule has 6 rings (SSSR count). The quantitative estimate of drug-likeness (QED) is 0.222. The van der Waals surface area contributed by atoms with Crippen LogP contribution in [-0.2, 0) is 49.4 Å². The summed E-state index contributed by atoms with van der Waals surface area (Å²) in [6, 6.07) is 15.3. The van der Waals surface area contributed by atoms with Gasteiger partial charge in [0.1, 0.15) is 0 Å². The van der Waals surface area contributed by atoms with Crippen LogP contribution >= 0.6 is 0 Å². The van der Waals surface area contributed by atoms with Gasteiger partial charge in [-0.1, -0.05) is 0 Å². The second kappa shape index (κ2) is 13.5. The Labute approximate surface area is 304 Å². The molecule has 4 aromatic carbocycles. The van der Waals surface area contributed by atoms with E-state index in [9.17, 15) is 52.7 Å². The molecular weight excluding hydrogens is 810 g/mol. The molecule has 50 heavy (non-hydrogen) atoms. The van der Waals surface area contributed by atoms with Gasteiger partial charge in [-0.3, -0.25) is 0 Å². The van der Waals surface area contributed by atoms with Crippen molar-refractivity contribution in [3.63, 3.8) is 0 Å². The summed E-state index contributed by atoms with van der Waals surface area (Å²) in [4.78, 5) is 0.